The van der Waals surface area contributed by atoms with E-state index in [1.165, 1.54) is 0 Å². The SMILES string of the molecule is Cc1cc(NC(=O)NC(C)c2ccc3c(c2)OCO3)n(C)n1. The molecule has 2 heterocycles. The maximum absolute atomic E-state index is 12.1. The van der Waals surface area contributed by atoms with Gasteiger partial charge in [-0.2, -0.15) is 5.10 Å². The van der Waals surface area contributed by atoms with Crippen molar-refractivity contribution in [2.75, 3.05) is 12.1 Å². The highest BCUT2D eigenvalue weighted by atomic mass is 16.7. The number of fused-ring (bicyclic) bond motifs is 1. The van der Waals surface area contributed by atoms with E-state index in [0.29, 0.717) is 11.6 Å². The van der Waals surface area contributed by atoms with Crippen molar-refractivity contribution < 1.29 is 14.3 Å². The summed E-state index contributed by atoms with van der Waals surface area (Å²) in [4.78, 5) is 12.1. The molecule has 0 spiro atoms. The summed E-state index contributed by atoms with van der Waals surface area (Å²) in [5.74, 6) is 2.08. The number of hydrogen-bond acceptors (Lipinski definition) is 4. The molecule has 7 nitrogen and oxygen atoms in total. The lowest BCUT2D eigenvalue weighted by molar-refractivity contribution is 0.174. The van der Waals surface area contributed by atoms with Crippen LogP contribution in [0, 0.1) is 6.92 Å². The van der Waals surface area contributed by atoms with Crippen LogP contribution < -0.4 is 20.1 Å². The van der Waals surface area contributed by atoms with Crippen LogP contribution in [-0.2, 0) is 7.05 Å². The normalized spacial score (nSPS) is 13.8. The summed E-state index contributed by atoms with van der Waals surface area (Å²) in [6.07, 6.45) is 0. The van der Waals surface area contributed by atoms with Gasteiger partial charge in [0.05, 0.1) is 11.7 Å². The van der Waals surface area contributed by atoms with E-state index in [1.54, 1.807) is 11.7 Å². The van der Waals surface area contributed by atoms with Gasteiger partial charge >= 0.3 is 6.03 Å². The number of benzene rings is 1. The summed E-state index contributed by atoms with van der Waals surface area (Å²) in [7, 11) is 1.78. The molecule has 0 fully saturated rings. The number of hydrogen-bond donors (Lipinski definition) is 2. The number of carbonyl (C=O) groups is 1. The van der Waals surface area contributed by atoms with Crippen molar-refractivity contribution >= 4 is 11.8 Å². The Morgan fingerprint density at radius 2 is 2.09 bits per heavy atom. The van der Waals surface area contributed by atoms with E-state index in [9.17, 15) is 4.79 Å². The van der Waals surface area contributed by atoms with Crippen LogP contribution >= 0.6 is 0 Å². The monoisotopic (exact) mass is 302 g/mol. The summed E-state index contributed by atoms with van der Waals surface area (Å²) in [6.45, 7) is 4.02. The molecule has 0 radical (unpaired) electrons. The molecule has 3 rings (SSSR count). The molecule has 1 aliphatic rings. The van der Waals surface area contributed by atoms with E-state index >= 15 is 0 Å². The molecule has 1 unspecified atom stereocenters. The average Bonchev–Trinajstić information content (AvgIpc) is 3.04. The minimum atomic E-state index is -0.284. The lowest BCUT2D eigenvalue weighted by Crippen LogP contribution is -2.31. The second-order valence-corrected chi connectivity index (χ2v) is 5.23. The molecule has 1 aliphatic heterocycles. The van der Waals surface area contributed by atoms with Crippen LogP contribution in [0.5, 0.6) is 11.5 Å². The maximum Gasteiger partial charge on any atom is 0.320 e. The quantitative estimate of drug-likeness (QED) is 0.912. The van der Waals surface area contributed by atoms with E-state index < -0.39 is 0 Å². The highest BCUT2D eigenvalue weighted by Gasteiger charge is 2.17. The highest BCUT2D eigenvalue weighted by molar-refractivity contribution is 5.88. The van der Waals surface area contributed by atoms with Crippen LogP contribution in [0.25, 0.3) is 0 Å². The number of anilines is 1. The zero-order valence-corrected chi connectivity index (χ0v) is 12.7. The zero-order valence-electron chi connectivity index (χ0n) is 12.7. The van der Waals surface area contributed by atoms with Crippen molar-refractivity contribution in [2.45, 2.75) is 19.9 Å². The largest absolute Gasteiger partial charge is 0.454 e. The summed E-state index contributed by atoms with van der Waals surface area (Å²) >= 11 is 0. The first-order valence-corrected chi connectivity index (χ1v) is 7.00. The van der Waals surface area contributed by atoms with Gasteiger partial charge in [0, 0.05) is 13.1 Å². The van der Waals surface area contributed by atoms with E-state index in [4.69, 9.17) is 9.47 Å². The summed E-state index contributed by atoms with van der Waals surface area (Å²) < 4.78 is 12.2. The van der Waals surface area contributed by atoms with Gasteiger partial charge in [0.25, 0.3) is 0 Å². The van der Waals surface area contributed by atoms with Gasteiger partial charge in [-0.05, 0) is 31.5 Å². The molecular weight excluding hydrogens is 284 g/mol. The fourth-order valence-electron chi connectivity index (χ4n) is 2.34. The van der Waals surface area contributed by atoms with Crippen LogP contribution in [0.4, 0.5) is 10.6 Å². The molecule has 2 N–H and O–H groups in total. The van der Waals surface area contributed by atoms with Gasteiger partial charge in [0.2, 0.25) is 6.79 Å². The van der Waals surface area contributed by atoms with Gasteiger partial charge < -0.3 is 14.8 Å². The Kier molecular flexibility index (Phi) is 3.62. The molecular formula is C15H18N4O3. The summed E-state index contributed by atoms with van der Waals surface area (Å²) in [5, 5.41) is 9.85. The van der Waals surface area contributed by atoms with Crippen LogP contribution in [0.2, 0.25) is 0 Å². The lowest BCUT2D eigenvalue weighted by atomic mass is 10.1. The summed E-state index contributed by atoms with van der Waals surface area (Å²) in [5.41, 5.74) is 1.79. The molecule has 22 heavy (non-hydrogen) atoms. The number of nitrogens with zero attached hydrogens (tertiary/aromatic N) is 2. The Balaban J connectivity index is 1.65. The third-order valence-electron chi connectivity index (χ3n) is 3.49. The van der Waals surface area contributed by atoms with Crippen molar-refractivity contribution in [3.05, 3.63) is 35.5 Å². The standard InChI is InChI=1S/C15H18N4O3/c1-9-6-14(19(3)18-9)17-15(20)16-10(2)11-4-5-12-13(7-11)22-8-21-12/h4-7,10H,8H2,1-3H3,(H2,16,17,20). The highest BCUT2D eigenvalue weighted by Crippen LogP contribution is 2.34. The van der Waals surface area contributed by atoms with Crippen molar-refractivity contribution in [3.8, 4) is 11.5 Å². The fraction of sp³-hybridized carbons (Fsp3) is 0.333. The molecule has 1 aromatic carbocycles. The lowest BCUT2D eigenvalue weighted by Gasteiger charge is -2.15. The molecule has 2 amide bonds. The Bertz CT molecular complexity index is 711. The van der Waals surface area contributed by atoms with Crippen LogP contribution in [-0.4, -0.2) is 22.6 Å². The zero-order chi connectivity index (χ0) is 15.7. The molecule has 0 saturated heterocycles. The van der Waals surface area contributed by atoms with Gasteiger partial charge in [0.15, 0.2) is 11.5 Å². The average molecular weight is 302 g/mol. The van der Waals surface area contributed by atoms with E-state index in [0.717, 1.165) is 17.0 Å². The fourth-order valence-corrected chi connectivity index (χ4v) is 2.34. The first-order valence-electron chi connectivity index (χ1n) is 7.00. The minimum Gasteiger partial charge on any atom is -0.454 e. The van der Waals surface area contributed by atoms with E-state index in [2.05, 4.69) is 15.7 Å². The van der Waals surface area contributed by atoms with Crippen LogP contribution in [0.1, 0.15) is 24.2 Å². The molecule has 7 heteroatoms. The summed E-state index contributed by atoms with van der Waals surface area (Å²) in [6, 6.07) is 6.99. The molecule has 116 valence electrons. The second kappa shape index (κ2) is 5.59. The number of nitrogens with one attached hydrogen (secondary N) is 2. The van der Waals surface area contributed by atoms with Gasteiger partial charge in [-0.3, -0.25) is 10.00 Å². The van der Waals surface area contributed by atoms with Gasteiger partial charge in [0.1, 0.15) is 5.82 Å². The molecule has 0 saturated carbocycles. The first-order chi connectivity index (χ1) is 10.5. The number of aromatic nitrogens is 2. The van der Waals surface area contributed by atoms with Crippen molar-refractivity contribution in [2.24, 2.45) is 7.05 Å². The van der Waals surface area contributed by atoms with Crippen molar-refractivity contribution in [3.63, 3.8) is 0 Å². The predicted octanol–water partition coefficient (Wildman–Crippen LogP) is 2.34. The number of carbonyl (C=O) groups excluding carboxylic acids is 1. The van der Waals surface area contributed by atoms with Gasteiger partial charge in [-0.15, -0.1) is 0 Å². The third-order valence-corrected chi connectivity index (χ3v) is 3.49. The minimum absolute atomic E-state index is 0.163. The topological polar surface area (TPSA) is 77.4 Å². The smallest absolute Gasteiger partial charge is 0.320 e. The van der Waals surface area contributed by atoms with E-state index in [-0.39, 0.29) is 18.9 Å². The second-order valence-electron chi connectivity index (χ2n) is 5.23. The first kappa shape index (κ1) is 14.2. The van der Waals surface area contributed by atoms with Crippen molar-refractivity contribution in [1.29, 1.82) is 0 Å². The predicted molar refractivity (Wildman–Crippen MR) is 81.1 cm³/mol. The van der Waals surface area contributed by atoms with Crippen molar-refractivity contribution in [1.82, 2.24) is 15.1 Å². The number of amides is 2. The molecule has 1 aromatic heterocycles. The Morgan fingerprint density at radius 1 is 1.32 bits per heavy atom. The Hall–Kier alpha value is -2.70. The Labute approximate surface area is 128 Å². The van der Waals surface area contributed by atoms with Gasteiger partial charge in [-0.25, -0.2) is 4.79 Å². The Morgan fingerprint density at radius 3 is 2.82 bits per heavy atom. The number of ether oxygens (including phenoxy) is 2. The van der Waals surface area contributed by atoms with Crippen LogP contribution in [0.3, 0.4) is 0 Å². The molecule has 0 aliphatic carbocycles. The van der Waals surface area contributed by atoms with Crippen LogP contribution in [0.15, 0.2) is 24.3 Å². The molecule has 2 aromatic rings. The maximum atomic E-state index is 12.1. The molecule has 1 atom stereocenters. The third kappa shape index (κ3) is 2.83. The number of urea groups is 1. The number of aryl methyl sites for hydroxylation is 2. The molecule has 0 bridgehead atoms. The number of rotatable bonds is 3. The van der Waals surface area contributed by atoms with E-state index in [1.807, 2.05) is 38.1 Å². The van der Waals surface area contributed by atoms with Gasteiger partial charge in [-0.1, -0.05) is 6.07 Å².